The van der Waals surface area contributed by atoms with Gasteiger partial charge in [-0.05, 0) is 43.2 Å². The van der Waals surface area contributed by atoms with Crippen molar-refractivity contribution in [2.24, 2.45) is 4.99 Å². The fraction of sp³-hybridized carbons (Fsp3) is 0.400. The second-order valence-corrected chi connectivity index (χ2v) is 3.06. The molecule has 70 valence electrons. The summed E-state index contributed by atoms with van der Waals surface area (Å²) in [6.07, 6.45) is 9.28. The Morgan fingerprint density at radius 1 is 1.23 bits per heavy atom. The van der Waals surface area contributed by atoms with Gasteiger partial charge in [-0.3, -0.25) is 9.98 Å². The molecule has 1 atom stereocenters. The summed E-state index contributed by atoms with van der Waals surface area (Å²) in [5.41, 5.74) is 1.29. The zero-order chi connectivity index (χ0) is 8.23. The Hall–Kier alpha value is -0.890. The van der Waals surface area contributed by atoms with Crippen LogP contribution in [-0.4, -0.2) is 11.2 Å². The lowest BCUT2D eigenvalue weighted by atomic mass is 10.0. The molecule has 0 amide bonds. The number of aromatic nitrogens is 1. The van der Waals surface area contributed by atoms with Crippen molar-refractivity contribution in [2.45, 2.75) is 25.3 Å². The zero-order valence-electron chi connectivity index (χ0n) is 7.39. The smallest absolute Gasteiger partial charge is 0.0746 e. The average Bonchev–Trinajstić information content (AvgIpc) is 2.21. The van der Waals surface area contributed by atoms with Crippen molar-refractivity contribution in [1.29, 1.82) is 0 Å². The molecule has 0 saturated heterocycles. The molecule has 0 spiro atoms. The first-order valence-electron chi connectivity index (χ1n) is 4.38. The Labute approximate surface area is 84.5 Å². The van der Waals surface area contributed by atoms with Crippen molar-refractivity contribution in [2.75, 3.05) is 0 Å². The number of nitrogens with zero attached hydrogens (tertiary/aromatic N) is 2. The Kier molecular flexibility index (Phi) is 3.90. The topological polar surface area (TPSA) is 25.2 Å². The lowest BCUT2D eigenvalue weighted by molar-refractivity contribution is 0.603. The summed E-state index contributed by atoms with van der Waals surface area (Å²) in [7, 11) is 0. The highest BCUT2D eigenvalue weighted by Crippen LogP contribution is 2.25. The molecular weight excluding hydrogens is 184 g/mol. The van der Waals surface area contributed by atoms with Gasteiger partial charge in [-0.1, -0.05) is 0 Å². The van der Waals surface area contributed by atoms with Crippen LogP contribution in [0.1, 0.15) is 30.9 Å². The van der Waals surface area contributed by atoms with Crippen molar-refractivity contribution in [3.8, 4) is 0 Å². The lowest BCUT2D eigenvalue weighted by Gasteiger charge is -2.15. The van der Waals surface area contributed by atoms with Crippen molar-refractivity contribution in [1.82, 2.24) is 4.98 Å². The van der Waals surface area contributed by atoms with Crippen molar-refractivity contribution in [3.05, 3.63) is 30.1 Å². The standard InChI is InChI=1S/C10H12N2.ClH/c1-2-6-12-10(3-1)9-4-7-11-8-5-9;/h4-8,10H,1-3H2;1H. The molecule has 0 radical (unpaired) electrons. The molecule has 2 rings (SSSR count). The van der Waals surface area contributed by atoms with Gasteiger partial charge in [0.15, 0.2) is 0 Å². The molecule has 1 unspecified atom stereocenters. The second kappa shape index (κ2) is 4.97. The molecule has 1 aromatic heterocycles. The molecule has 3 heteroatoms. The Balaban J connectivity index is 0.000000845. The molecule has 2 heterocycles. The van der Waals surface area contributed by atoms with Gasteiger partial charge in [0, 0.05) is 12.4 Å². The van der Waals surface area contributed by atoms with E-state index in [4.69, 9.17) is 0 Å². The van der Waals surface area contributed by atoms with Gasteiger partial charge < -0.3 is 0 Å². The summed E-state index contributed by atoms with van der Waals surface area (Å²) in [4.78, 5) is 8.44. The van der Waals surface area contributed by atoms with Crippen LogP contribution in [0.5, 0.6) is 0 Å². The minimum Gasteiger partial charge on any atom is -0.289 e. The second-order valence-electron chi connectivity index (χ2n) is 3.06. The molecule has 0 aliphatic carbocycles. The van der Waals surface area contributed by atoms with Gasteiger partial charge in [-0.25, -0.2) is 0 Å². The number of hydrogen-bond donors (Lipinski definition) is 0. The summed E-state index contributed by atoms with van der Waals surface area (Å²) in [5, 5.41) is 0. The van der Waals surface area contributed by atoms with E-state index in [-0.39, 0.29) is 12.4 Å². The van der Waals surface area contributed by atoms with Crippen LogP contribution in [0.25, 0.3) is 0 Å². The third-order valence-electron chi connectivity index (χ3n) is 2.19. The first-order valence-corrected chi connectivity index (χ1v) is 4.38. The maximum Gasteiger partial charge on any atom is 0.0746 e. The minimum atomic E-state index is 0. The Morgan fingerprint density at radius 3 is 2.62 bits per heavy atom. The van der Waals surface area contributed by atoms with Crippen LogP contribution in [0.15, 0.2) is 29.5 Å². The third kappa shape index (κ3) is 2.52. The van der Waals surface area contributed by atoms with E-state index in [2.05, 4.69) is 9.98 Å². The Bertz CT molecular complexity index is 272. The van der Waals surface area contributed by atoms with Crippen LogP contribution < -0.4 is 0 Å². The maximum absolute atomic E-state index is 4.45. The van der Waals surface area contributed by atoms with Gasteiger partial charge in [0.25, 0.3) is 0 Å². The van der Waals surface area contributed by atoms with E-state index in [1.54, 1.807) is 0 Å². The molecule has 0 bridgehead atoms. The van der Waals surface area contributed by atoms with Crippen molar-refractivity contribution < 1.29 is 0 Å². The molecule has 0 fully saturated rings. The monoisotopic (exact) mass is 196 g/mol. The highest BCUT2D eigenvalue weighted by molar-refractivity contribution is 5.85. The fourth-order valence-electron chi connectivity index (χ4n) is 1.52. The minimum absolute atomic E-state index is 0. The predicted molar refractivity (Wildman–Crippen MR) is 56.6 cm³/mol. The fourth-order valence-corrected chi connectivity index (χ4v) is 1.52. The number of hydrogen-bond acceptors (Lipinski definition) is 2. The van der Waals surface area contributed by atoms with Gasteiger partial charge in [-0.2, -0.15) is 0 Å². The number of pyridine rings is 1. The van der Waals surface area contributed by atoms with E-state index in [0.29, 0.717) is 6.04 Å². The van der Waals surface area contributed by atoms with E-state index in [0.717, 1.165) is 6.42 Å². The molecule has 1 aliphatic rings. The quantitative estimate of drug-likeness (QED) is 0.678. The average molecular weight is 197 g/mol. The Morgan fingerprint density at radius 2 is 2.00 bits per heavy atom. The van der Waals surface area contributed by atoms with Crippen LogP contribution in [0, 0.1) is 0 Å². The van der Waals surface area contributed by atoms with Crippen LogP contribution in [0.3, 0.4) is 0 Å². The summed E-state index contributed by atoms with van der Waals surface area (Å²) in [6, 6.07) is 4.49. The number of aliphatic imine (C=N–C) groups is 1. The molecule has 2 nitrogen and oxygen atoms in total. The maximum atomic E-state index is 4.45. The van der Waals surface area contributed by atoms with Gasteiger partial charge in [0.2, 0.25) is 0 Å². The van der Waals surface area contributed by atoms with Gasteiger partial charge in [0.1, 0.15) is 0 Å². The third-order valence-corrected chi connectivity index (χ3v) is 2.19. The van der Waals surface area contributed by atoms with Crippen LogP contribution >= 0.6 is 12.4 Å². The highest BCUT2D eigenvalue weighted by Gasteiger charge is 2.10. The van der Waals surface area contributed by atoms with Crippen molar-refractivity contribution >= 4 is 18.6 Å². The van der Waals surface area contributed by atoms with E-state index < -0.39 is 0 Å². The lowest BCUT2D eigenvalue weighted by Crippen LogP contribution is -2.01. The molecule has 0 saturated carbocycles. The molecular formula is C10H13ClN2. The normalized spacial score (nSPS) is 20.8. The van der Waals surface area contributed by atoms with Crippen LogP contribution in [0.4, 0.5) is 0 Å². The zero-order valence-corrected chi connectivity index (χ0v) is 8.20. The molecule has 0 aromatic carbocycles. The van der Waals surface area contributed by atoms with Crippen LogP contribution in [0.2, 0.25) is 0 Å². The number of halogens is 1. The molecule has 13 heavy (non-hydrogen) atoms. The van der Waals surface area contributed by atoms with Gasteiger partial charge in [-0.15, -0.1) is 12.4 Å². The van der Waals surface area contributed by atoms with Crippen molar-refractivity contribution in [3.63, 3.8) is 0 Å². The first kappa shape index (κ1) is 10.2. The van der Waals surface area contributed by atoms with Crippen LogP contribution in [-0.2, 0) is 0 Å². The van der Waals surface area contributed by atoms with Gasteiger partial charge >= 0.3 is 0 Å². The SMILES string of the molecule is C1=NC(c2ccncc2)CCC1.Cl. The summed E-state index contributed by atoms with van der Waals surface area (Å²) in [6.45, 7) is 0. The summed E-state index contributed by atoms with van der Waals surface area (Å²) in [5.74, 6) is 0. The van der Waals surface area contributed by atoms with Gasteiger partial charge in [0.05, 0.1) is 6.04 Å². The summed E-state index contributed by atoms with van der Waals surface area (Å²) < 4.78 is 0. The van der Waals surface area contributed by atoms with E-state index in [1.807, 2.05) is 30.7 Å². The first-order chi connectivity index (χ1) is 5.97. The summed E-state index contributed by atoms with van der Waals surface area (Å²) >= 11 is 0. The molecule has 1 aliphatic heterocycles. The number of rotatable bonds is 1. The largest absolute Gasteiger partial charge is 0.289 e. The molecule has 0 N–H and O–H groups in total. The molecule has 1 aromatic rings. The predicted octanol–water partition coefficient (Wildman–Crippen LogP) is 2.80. The van der Waals surface area contributed by atoms with E-state index in [1.165, 1.54) is 18.4 Å². The highest BCUT2D eigenvalue weighted by atomic mass is 35.5. The van der Waals surface area contributed by atoms with E-state index in [9.17, 15) is 0 Å². The van der Waals surface area contributed by atoms with E-state index >= 15 is 0 Å².